The molecule has 1 N–H and O–H groups in total. The lowest BCUT2D eigenvalue weighted by Gasteiger charge is -2.19. The van der Waals surface area contributed by atoms with E-state index in [1.165, 1.54) is 6.26 Å². The molecule has 0 saturated heterocycles. The van der Waals surface area contributed by atoms with Crippen molar-refractivity contribution in [3.8, 4) is 0 Å². The Labute approximate surface area is 116 Å². The lowest BCUT2D eigenvalue weighted by atomic mass is 10.0. The summed E-state index contributed by atoms with van der Waals surface area (Å²) in [4.78, 5) is 1.93. The van der Waals surface area contributed by atoms with Gasteiger partial charge in [0.1, 0.15) is 9.84 Å². The van der Waals surface area contributed by atoms with Gasteiger partial charge < -0.3 is 10.0 Å². The van der Waals surface area contributed by atoms with Gasteiger partial charge in [0.15, 0.2) is 0 Å². The first-order chi connectivity index (χ1) is 8.79. The van der Waals surface area contributed by atoms with Gasteiger partial charge in [-0.3, -0.25) is 0 Å². The summed E-state index contributed by atoms with van der Waals surface area (Å²) in [6, 6.07) is 7.77. The summed E-state index contributed by atoms with van der Waals surface area (Å²) in [5.41, 5.74) is 2.02. The minimum Gasteiger partial charge on any atom is -0.388 e. The first-order valence-corrected chi connectivity index (χ1v) is 8.45. The van der Waals surface area contributed by atoms with E-state index in [-0.39, 0.29) is 5.75 Å². The number of aliphatic hydroxyl groups excluding tert-OH is 1. The van der Waals surface area contributed by atoms with Gasteiger partial charge in [-0.1, -0.05) is 24.3 Å². The fourth-order valence-electron chi connectivity index (χ4n) is 1.89. The number of aliphatic hydroxyl groups is 1. The molecule has 19 heavy (non-hydrogen) atoms. The van der Waals surface area contributed by atoms with Crippen LogP contribution in [0.4, 0.5) is 0 Å². The summed E-state index contributed by atoms with van der Waals surface area (Å²) in [5.74, 6) is 0.157. The van der Waals surface area contributed by atoms with E-state index in [1.54, 1.807) is 0 Å². The van der Waals surface area contributed by atoms with Gasteiger partial charge in [0.2, 0.25) is 0 Å². The van der Waals surface area contributed by atoms with E-state index in [4.69, 9.17) is 0 Å². The van der Waals surface area contributed by atoms with Crippen molar-refractivity contribution in [2.24, 2.45) is 0 Å². The highest BCUT2D eigenvalue weighted by Gasteiger charge is 2.12. The highest BCUT2D eigenvalue weighted by Crippen LogP contribution is 2.20. The molecule has 0 aliphatic rings. The van der Waals surface area contributed by atoms with Gasteiger partial charge in [0.25, 0.3) is 0 Å². The zero-order valence-corrected chi connectivity index (χ0v) is 12.7. The third-order valence-electron chi connectivity index (χ3n) is 3.18. The first-order valence-electron chi connectivity index (χ1n) is 6.39. The number of aryl methyl sites for hydroxylation is 1. The van der Waals surface area contributed by atoms with E-state index in [0.29, 0.717) is 19.5 Å². The van der Waals surface area contributed by atoms with Gasteiger partial charge in [-0.25, -0.2) is 8.42 Å². The first kappa shape index (κ1) is 16.1. The van der Waals surface area contributed by atoms with Gasteiger partial charge in [0, 0.05) is 19.3 Å². The number of nitrogens with zero attached hydrogens (tertiary/aromatic N) is 1. The average Bonchev–Trinajstić information content (AvgIpc) is 2.33. The Morgan fingerprint density at radius 1 is 1.26 bits per heavy atom. The number of sulfone groups is 1. The van der Waals surface area contributed by atoms with Crippen LogP contribution in [0.25, 0.3) is 0 Å². The largest absolute Gasteiger partial charge is 0.388 e. The summed E-state index contributed by atoms with van der Waals surface area (Å²) in [6.45, 7) is 3.15. The van der Waals surface area contributed by atoms with Crippen LogP contribution in [0.5, 0.6) is 0 Å². The molecule has 5 heteroatoms. The van der Waals surface area contributed by atoms with Crippen LogP contribution in [0.15, 0.2) is 24.3 Å². The van der Waals surface area contributed by atoms with E-state index in [0.717, 1.165) is 11.1 Å². The zero-order valence-electron chi connectivity index (χ0n) is 11.8. The molecule has 0 bridgehead atoms. The Balaban J connectivity index is 2.42. The van der Waals surface area contributed by atoms with Gasteiger partial charge in [0.05, 0.1) is 11.9 Å². The van der Waals surface area contributed by atoms with Gasteiger partial charge >= 0.3 is 0 Å². The Hall–Kier alpha value is -0.910. The molecular formula is C14H23NO3S. The molecule has 1 unspecified atom stereocenters. The molecule has 0 aliphatic heterocycles. The van der Waals surface area contributed by atoms with Crippen molar-refractivity contribution in [3.05, 3.63) is 35.4 Å². The molecule has 108 valence electrons. The van der Waals surface area contributed by atoms with Crippen LogP contribution in [0.2, 0.25) is 0 Å². The zero-order chi connectivity index (χ0) is 14.5. The second-order valence-corrected chi connectivity index (χ2v) is 7.35. The highest BCUT2D eigenvalue weighted by atomic mass is 32.2. The summed E-state index contributed by atoms with van der Waals surface area (Å²) >= 11 is 0. The van der Waals surface area contributed by atoms with E-state index >= 15 is 0 Å². The molecule has 1 rings (SSSR count). The van der Waals surface area contributed by atoms with Crippen molar-refractivity contribution >= 4 is 9.84 Å². The average molecular weight is 285 g/mol. The van der Waals surface area contributed by atoms with Crippen molar-refractivity contribution in [3.63, 3.8) is 0 Å². The van der Waals surface area contributed by atoms with Crippen LogP contribution in [0.3, 0.4) is 0 Å². The van der Waals surface area contributed by atoms with Gasteiger partial charge in [-0.15, -0.1) is 0 Å². The second-order valence-electron chi connectivity index (χ2n) is 5.09. The summed E-state index contributed by atoms with van der Waals surface area (Å²) in [7, 11) is -1.05. The van der Waals surface area contributed by atoms with Crippen LogP contribution in [0.1, 0.15) is 23.7 Å². The van der Waals surface area contributed by atoms with E-state index in [2.05, 4.69) is 0 Å². The molecule has 0 saturated carbocycles. The molecule has 1 atom stereocenters. The van der Waals surface area contributed by atoms with Crippen LogP contribution in [-0.2, 0) is 9.84 Å². The predicted octanol–water partition coefficient (Wildman–Crippen LogP) is 1.39. The predicted molar refractivity (Wildman–Crippen MR) is 78.0 cm³/mol. The highest BCUT2D eigenvalue weighted by molar-refractivity contribution is 7.90. The normalized spacial score (nSPS) is 13.7. The maximum Gasteiger partial charge on any atom is 0.148 e. The Morgan fingerprint density at radius 2 is 1.89 bits per heavy atom. The molecule has 0 aliphatic carbocycles. The lowest BCUT2D eigenvalue weighted by molar-refractivity contribution is 0.150. The van der Waals surface area contributed by atoms with Crippen LogP contribution in [-0.4, -0.2) is 50.6 Å². The van der Waals surface area contributed by atoms with Crippen molar-refractivity contribution in [1.29, 1.82) is 0 Å². The Morgan fingerprint density at radius 3 is 2.47 bits per heavy atom. The monoisotopic (exact) mass is 285 g/mol. The molecule has 0 radical (unpaired) electrons. The van der Waals surface area contributed by atoms with Crippen molar-refractivity contribution in [2.75, 3.05) is 32.1 Å². The molecule has 1 aromatic carbocycles. The van der Waals surface area contributed by atoms with E-state index in [1.807, 2.05) is 43.1 Å². The molecular weight excluding hydrogens is 262 g/mol. The maximum absolute atomic E-state index is 11.1. The van der Waals surface area contributed by atoms with Crippen LogP contribution < -0.4 is 0 Å². The fourth-order valence-corrected chi connectivity index (χ4v) is 2.54. The molecule has 1 aromatic rings. The molecule has 0 heterocycles. The summed E-state index contributed by atoms with van der Waals surface area (Å²) in [6.07, 6.45) is 1.34. The number of hydrogen-bond acceptors (Lipinski definition) is 4. The molecule has 0 amide bonds. The minimum absolute atomic E-state index is 0.157. The van der Waals surface area contributed by atoms with E-state index in [9.17, 15) is 13.5 Å². The Kier molecular flexibility index (Phi) is 5.97. The molecule has 4 nitrogen and oxygen atoms in total. The number of hydrogen-bond donors (Lipinski definition) is 1. The van der Waals surface area contributed by atoms with Crippen molar-refractivity contribution in [2.45, 2.75) is 19.4 Å². The fraction of sp³-hybridized carbons (Fsp3) is 0.571. The number of rotatable bonds is 7. The molecule has 0 aromatic heterocycles. The smallest absolute Gasteiger partial charge is 0.148 e. The van der Waals surface area contributed by atoms with Gasteiger partial charge in [-0.05, 0) is 31.5 Å². The Bertz CT molecular complexity index is 499. The molecule has 0 fully saturated rings. The van der Waals surface area contributed by atoms with Crippen LogP contribution in [0, 0.1) is 6.92 Å². The second kappa shape index (κ2) is 7.03. The standard InChI is InChI=1S/C14H23NO3S/c1-12-6-4-5-7-13(12)14(16)8-9-15(2)10-11-19(3,17)18/h4-7,14,16H,8-11H2,1-3H3. The van der Waals surface area contributed by atoms with Crippen LogP contribution >= 0.6 is 0 Å². The summed E-state index contributed by atoms with van der Waals surface area (Å²) < 4.78 is 22.1. The lowest BCUT2D eigenvalue weighted by Crippen LogP contribution is -2.27. The maximum atomic E-state index is 11.1. The van der Waals surface area contributed by atoms with E-state index < -0.39 is 15.9 Å². The van der Waals surface area contributed by atoms with Gasteiger partial charge in [-0.2, -0.15) is 0 Å². The third kappa shape index (κ3) is 6.18. The van der Waals surface area contributed by atoms with Crippen molar-refractivity contribution in [1.82, 2.24) is 4.90 Å². The quantitative estimate of drug-likeness (QED) is 0.822. The number of benzene rings is 1. The summed E-state index contributed by atoms with van der Waals surface area (Å²) in [5, 5.41) is 10.1. The SMILES string of the molecule is Cc1ccccc1C(O)CCN(C)CCS(C)(=O)=O. The van der Waals surface area contributed by atoms with Crippen molar-refractivity contribution < 1.29 is 13.5 Å². The minimum atomic E-state index is -2.92. The molecule has 0 spiro atoms. The topological polar surface area (TPSA) is 57.6 Å². The third-order valence-corrected chi connectivity index (χ3v) is 4.10.